The molecule has 5 rings (SSSR count). The van der Waals surface area contributed by atoms with Gasteiger partial charge < -0.3 is 20.9 Å². The van der Waals surface area contributed by atoms with E-state index in [9.17, 15) is 18.8 Å². The third kappa shape index (κ3) is 6.95. The fourth-order valence-electron chi connectivity index (χ4n) is 4.57. The molecule has 3 aromatic rings. The maximum Gasteiger partial charge on any atom is 0.251 e. The predicted molar refractivity (Wildman–Crippen MR) is 146 cm³/mol. The zero-order chi connectivity index (χ0) is 27.2. The molecule has 2 aliphatic rings. The number of carbonyl (C=O) groups is 3. The first-order valence-electron chi connectivity index (χ1n) is 13.3. The second kappa shape index (κ2) is 12.0. The van der Waals surface area contributed by atoms with Gasteiger partial charge in [0.05, 0.1) is 11.6 Å². The molecule has 0 bridgehead atoms. The molecule has 2 heterocycles. The van der Waals surface area contributed by atoms with Crippen molar-refractivity contribution in [3.05, 3.63) is 72.0 Å². The van der Waals surface area contributed by atoms with Gasteiger partial charge in [-0.1, -0.05) is 0 Å². The van der Waals surface area contributed by atoms with Crippen molar-refractivity contribution in [3.8, 4) is 11.3 Å². The van der Waals surface area contributed by atoms with Gasteiger partial charge in [-0.05, 0) is 86.3 Å². The SMILES string of the molecule is O=C(NCCNC(=O)C1CCCN(c2ccc(-c3ccc(F)cc3)nn2)C1)c1ccc(NC(=O)C2CC2)cc1. The lowest BCUT2D eigenvalue weighted by Gasteiger charge is -2.32. The van der Waals surface area contributed by atoms with Crippen molar-refractivity contribution in [3.63, 3.8) is 0 Å². The molecule has 39 heavy (non-hydrogen) atoms. The van der Waals surface area contributed by atoms with Gasteiger partial charge in [-0.3, -0.25) is 14.4 Å². The lowest BCUT2D eigenvalue weighted by Crippen LogP contribution is -2.45. The van der Waals surface area contributed by atoms with Gasteiger partial charge in [0.15, 0.2) is 5.82 Å². The van der Waals surface area contributed by atoms with Crippen LogP contribution >= 0.6 is 0 Å². The minimum absolute atomic E-state index is 0.0247. The van der Waals surface area contributed by atoms with Crippen LogP contribution < -0.4 is 20.9 Å². The van der Waals surface area contributed by atoms with Crippen LogP contribution in [0.3, 0.4) is 0 Å². The van der Waals surface area contributed by atoms with Crippen molar-refractivity contribution in [2.24, 2.45) is 11.8 Å². The van der Waals surface area contributed by atoms with E-state index in [2.05, 4.69) is 26.1 Å². The summed E-state index contributed by atoms with van der Waals surface area (Å²) in [4.78, 5) is 39.1. The van der Waals surface area contributed by atoms with Gasteiger partial charge in [0.1, 0.15) is 5.82 Å². The monoisotopic (exact) mass is 530 g/mol. The number of benzene rings is 2. The highest BCUT2D eigenvalue weighted by Gasteiger charge is 2.29. The number of hydrogen-bond donors (Lipinski definition) is 3. The Morgan fingerprint density at radius 2 is 1.56 bits per heavy atom. The Morgan fingerprint density at radius 3 is 2.26 bits per heavy atom. The Morgan fingerprint density at radius 1 is 0.821 bits per heavy atom. The normalized spacial score (nSPS) is 16.8. The van der Waals surface area contributed by atoms with E-state index < -0.39 is 0 Å². The standard InChI is InChI=1S/C29H31FN6O3/c30-23-9-5-19(6-10-23)25-13-14-26(35-34-25)36-17-1-2-22(18-36)28(38)32-16-15-31-27(37)20-7-11-24(12-8-20)33-29(39)21-3-4-21/h5-14,21-22H,1-4,15-18H2,(H,31,37)(H,32,38)(H,33,39). The number of piperidine rings is 1. The van der Waals surface area contributed by atoms with Crippen LogP contribution in [0.4, 0.5) is 15.9 Å². The summed E-state index contributed by atoms with van der Waals surface area (Å²) in [5.41, 5.74) is 2.60. The first-order chi connectivity index (χ1) is 19.0. The highest BCUT2D eigenvalue weighted by molar-refractivity contribution is 5.96. The molecule has 3 N–H and O–H groups in total. The summed E-state index contributed by atoms with van der Waals surface area (Å²) >= 11 is 0. The maximum absolute atomic E-state index is 13.2. The number of nitrogens with one attached hydrogen (secondary N) is 3. The molecule has 2 fully saturated rings. The molecule has 9 nitrogen and oxygen atoms in total. The summed E-state index contributed by atoms with van der Waals surface area (Å²) in [6.45, 7) is 1.94. The van der Waals surface area contributed by atoms with Gasteiger partial charge in [0.2, 0.25) is 11.8 Å². The van der Waals surface area contributed by atoms with Crippen molar-refractivity contribution in [1.82, 2.24) is 20.8 Å². The van der Waals surface area contributed by atoms with Gasteiger partial charge in [0, 0.05) is 48.9 Å². The molecule has 0 spiro atoms. The number of hydrogen-bond acceptors (Lipinski definition) is 6. The van der Waals surface area contributed by atoms with E-state index in [1.54, 1.807) is 36.4 Å². The third-order valence-corrected chi connectivity index (χ3v) is 6.98. The van der Waals surface area contributed by atoms with Crippen LogP contribution in [-0.2, 0) is 9.59 Å². The summed E-state index contributed by atoms with van der Waals surface area (Å²) in [7, 11) is 0. The average molecular weight is 531 g/mol. The molecule has 1 atom stereocenters. The first-order valence-corrected chi connectivity index (χ1v) is 13.3. The molecular weight excluding hydrogens is 499 g/mol. The Kier molecular flexibility index (Phi) is 8.10. The van der Waals surface area contributed by atoms with Gasteiger partial charge in [0.25, 0.3) is 5.91 Å². The van der Waals surface area contributed by atoms with Crippen LogP contribution in [0.1, 0.15) is 36.0 Å². The molecule has 1 aliphatic heterocycles. The van der Waals surface area contributed by atoms with Crippen molar-refractivity contribution >= 4 is 29.2 Å². The van der Waals surface area contributed by atoms with Crippen LogP contribution in [0.15, 0.2) is 60.7 Å². The highest BCUT2D eigenvalue weighted by atomic mass is 19.1. The number of anilines is 2. The summed E-state index contributed by atoms with van der Waals surface area (Å²) in [5, 5.41) is 17.2. The van der Waals surface area contributed by atoms with Crippen LogP contribution in [0, 0.1) is 17.7 Å². The molecule has 1 saturated heterocycles. The van der Waals surface area contributed by atoms with E-state index in [1.165, 1.54) is 12.1 Å². The molecule has 1 aromatic heterocycles. The topological polar surface area (TPSA) is 116 Å². The molecule has 10 heteroatoms. The van der Waals surface area contributed by atoms with Crippen molar-refractivity contribution in [2.75, 3.05) is 36.4 Å². The number of carbonyl (C=O) groups excluding carboxylic acids is 3. The van der Waals surface area contributed by atoms with E-state index >= 15 is 0 Å². The zero-order valence-electron chi connectivity index (χ0n) is 21.5. The molecular formula is C29H31FN6O3. The highest BCUT2D eigenvalue weighted by Crippen LogP contribution is 2.30. The lowest BCUT2D eigenvalue weighted by molar-refractivity contribution is -0.125. The Labute approximate surface area is 226 Å². The summed E-state index contributed by atoms with van der Waals surface area (Å²) in [6, 6.07) is 16.6. The molecule has 202 valence electrons. The second-order valence-electron chi connectivity index (χ2n) is 9.96. The summed E-state index contributed by atoms with van der Waals surface area (Å²) in [6.07, 6.45) is 3.50. The number of amides is 3. The van der Waals surface area contributed by atoms with E-state index in [4.69, 9.17) is 0 Å². The quantitative estimate of drug-likeness (QED) is 0.365. The fraction of sp³-hybridized carbons (Fsp3) is 0.345. The van der Waals surface area contributed by atoms with Crippen LogP contribution in [0.2, 0.25) is 0 Å². The minimum Gasteiger partial charge on any atom is -0.354 e. The molecule has 1 saturated carbocycles. The van der Waals surface area contributed by atoms with Crippen LogP contribution in [0.25, 0.3) is 11.3 Å². The van der Waals surface area contributed by atoms with Gasteiger partial charge in [-0.15, -0.1) is 10.2 Å². The summed E-state index contributed by atoms with van der Waals surface area (Å²) < 4.78 is 13.2. The molecule has 1 unspecified atom stereocenters. The fourth-order valence-corrected chi connectivity index (χ4v) is 4.57. The van der Waals surface area contributed by atoms with Crippen molar-refractivity contribution in [1.29, 1.82) is 0 Å². The Balaban J connectivity index is 1.05. The number of nitrogens with zero attached hydrogens (tertiary/aromatic N) is 3. The summed E-state index contributed by atoms with van der Waals surface area (Å²) in [5.74, 6) is 0.0575. The second-order valence-corrected chi connectivity index (χ2v) is 9.96. The Hall–Kier alpha value is -4.34. The number of aromatic nitrogens is 2. The minimum atomic E-state index is -0.301. The first kappa shape index (κ1) is 26.3. The smallest absolute Gasteiger partial charge is 0.251 e. The third-order valence-electron chi connectivity index (χ3n) is 6.98. The molecule has 0 radical (unpaired) electrons. The van der Waals surface area contributed by atoms with Crippen LogP contribution in [0.5, 0.6) is 0 Å². The zero-order valence-corrected chi connectivity index (χ0v) is 21.5. The molecule has 3 amide bonds. The van der Waals surface area contributed by atoms with Crippen molar-refractivity contribution < 1.29 is 18.8 Å². The number of rotatable bonds is 9. The number of halogens is 1. The largest absolute Gasteiger partial charge is 0.354 e. The van der Waals surface area contributed by atoms with Crippen LogP contribution in [-0.4, -0.2) is 54.1 Å². The lowest BCUT2D eigenvalue weighted by atomic mass is 9.97. The van der Waals surface area contributed by atoms with Crippen molar-refractivity contribution in [2.45, 2.75) is 25.7 Å². The molecule has 1 aliphatic carbocycles. The Bertz CT molecular complexity index is 1310. The average Bonchev–Trinajstić information content (AvgIpc) is 3.82. The predicted octanol–water partition coefficient (Wildman–Crippen LogP) is 3.39. The molecule has 2 aromatic carbocycles. The van der Waals surface area contributed by atoms with E-state index in [-0.39, 0.29) is 35.4 Å². The van der Waals surface area contributed by atoms with Gasteiger partial charge in [-0.25, -0.2) is 4.39 Å². The van der Waals surface area contributed by atoms with E-state index in [0.717, 1.165) is 37.8 Å². The van der Waals surface area contributed by atoms with E-state index in [1.807, 2.05) is 17.0 Å². The van der Waals surface area contributed by atoms with Gasteiger partial charge in [-0.2, -0.15) is 0 Å². The maximum atomic E-state index is 13.2. The van der Waals surface area contributed by atoms with E-state index in [0.29, 0.717) is 42.4 Å². The van der Waals surface area contributed by atoms with Gasteiger partial charge >= 0.3 is 0 Å².